The van der Waals surface area contributed by atoms with E-state index in [1.165, 1.54) is 43.7 Å². The van der Waals surface area contributed by atoms with Crippen LogP contribution in [0.5, 0.6) is 0 Å². The standard InChI is InChI=1S/C15H25N3O/c1-17-13(11-18-8-3-2-4-9-18)5-6-15(17)14-12-19-10-7-16-14/h5-6,14,16H,2-4,7-12H2,1H3. The van der Waals surface area contributed by atoms with Gasteiger partial charge in [0, 0.05) is 31.5 Å². The first kappa shape index (κ1) is 13.2. The first-order valence-corrected chi connectivity index (χ1v) is 7.52. The summed E-state index contributed by atoms with van der Waals surface area (Å²) in [7, 11) is 2.19. The van der Waals surface area contributed by atoms with Gasteiger partial charge in [0.05, 0.1) is 19.3 Å². The van der Waals surface area contributed by atoms with Crippen LogP contribution in [0.4, 0.5) is 0 Å². The molecule has 0 aliphatic carbocycles. The van der Waals surface area contributed by atoms with E-state index in [2.05, 4.69) is 34.0 Å². The molecule has 2 fully saturated rings. The Morgan fingerprint density at radius 2 is 2.11 bits per heavy atom. The largest absolute Gasteiger partial charge is 0.378 e. The van der Waals surface area contributed by atoms with Crippen molar-refractivity contribution in [1.29, 1.82) is 0 Å². The summed E-state index contributed by atoms with van der Waals surface area (Å²) in [5.41, 5.74) is 2.77. The van der Waals surface area contributed by atoms with Gasteiger partial charge in [0.15, 0.2) is 0 Å². The predicted octanol–water partition coefficient (Wildman–Crippen LogP) is 1.67. The molecule has 0 radical (unpaired) electrons. The van der Waals surface area contributed by atoms with Crippen molar-refractivity contribution >= 4 is 0 Å². The quantitative estimate of drug-likeness (QED) is 0.899. The third-order valence-corrected chi connectivity index (χ3v) is 4.38. The highest BCUT2D eigenvalue weighted by atomic mass is 16.5. The number of aromatic nitrogens is 1. The smallest absolute Gasteiger partial charge is 0.0713 e. The van der Waals surface area contributed by atoms with Crippen LogP contribution in [-0.2, 0) is 18.3 Å². The number of hydrogen-bond donors (Lipinski definition) is 1. The summed E-state index contributed by atoms with van der Waals surface area (Å²) in [6.07, 6.45) is 4.11. The van der Waals surface area contributed by atoms with Crippen molar-refractivity contribution in [3.05, 3.63) is 23.5 Å². The molecule has 0 bridgehead atoms. The Kier molecular flexibility index (Phi) is 4.21. The summed E-state index contributed by atoms with van der Waals surface area (Å²) in [5, 5.41) is 3.53. The first-order chi connectivity index (χ1) is 9.34. The van der Waals surface area contributed by atoms with Gasteiger partial charge in [-0.25, -0.2) is 0 Å². The fourth-order valence-electron chi connectivity index (χ4n) is 3.18. The fourth-order valence-corrected chi connectivity index (χ4v) is 3.18. The second-order valence-corrected chi connectivity index (χ2v) is 5.73. The number of likely N-dealkylation sites (tertiary alicyclic amines) is 1. The molecular formula is C15H25N3O. The molecule has 2 aliphatic rings. The van der Waals surface area contributed by atoms with Gasteiger partial charge in [-0.05, 0) is 38.1 Å². The lowest BCUT2D eigenvalue weighted by atomic mass is 10.1. The van der Waals surface area contributed by atoms with E-state index >= 15 is 0 Å². The third-order valence-electron chi connectivity index (χ3n) is 4.38. The van der Waals surface area contributed by atoms with Gasteiger partial charge in [-0.1, -0.05) is 6.42 Å². The maximum atomic E-state index is 5.56. The van der Waals surface area contributed by atoms with Gasteiger partial charge < -0.3 is 14.6 Å². The minimum Gasteiger partial charge on any atom is -0.378 e. The van der Waals surface area contributed by atoms with Crippen LogP contribution in [-0.4, -0.2) is 42.3 Å². The van der Waals surface area contributed by atoms with Crippen molar-refractivity contribution in [2.75, 3.05) is 32.8 Å². The van der Waals surface area contributed by atoms with Crippen LogP contribution in [0.15, 0.2) is 12.1 Å². The van der Waals surface area contributed by atoms with Gasteiger partial charge in [-0.2, -0.15) is 0 Å². The number of piperidine rings is 1. The molecule has 1 N–H and O–H groups in total. The Morgan fingerprint density at radius 1 is 1.26 bits per heavy atom. The average Bonchev–Trinajstić information content (AvgIpc) is 2.82. The van der Waals surface area contributed by atoms with Gasteiger partial charge in [-0.15, -0.1) is 0 Å². The zero-order valence-corrected chi connectivity index (χ0v) is 11.9. The zero-order chi connectivity index (χ0) is 13.1. The molecule has 1 aromatic rings. The molecule has 1 aromatic heterocycles. The lowest BCUT2D eigenvalue weighted by molar-refractivity contribution is 0.0746. The van der Waals surface area contributed by atoms with Gasteiger partial charge in [0.2, 0.25) is 0 Å². The summed E-state index contributed by atoms with van der Waals surface area (Å²) < 4.78 is 7.91. The van der Waals surface area contributed by atoms with Crippen LogP contribution in [0.3, 0.4) is 0 Å². The van der Waals surface area contributed by atoms with E-state index in [9.17, 15) is 0 Å². The zero-order valence-electron chi connectivity index (χ0n) is 11.9. The molecular weight excluding hydrogens is 238 g/mol. The SMILES string of the molecule is Cn1c(CN2CCCCC2)ccc1C1COCCN1. The lowest BCUT2D eigenvalue weighted by Crippen LogP contribution is -2.36. The molecule has 3 heterocycles. The molecule has 0 saturated carbocycles. The van der Waals surface area contributed by atoms with E-state index in [0.29, 0.717) is 6.04 Å². The van der Waals surface area contributed by atoms with Crippen molar-refractivity contribution < 1.29 is 4.74 Å². The summed E-state index contributed by atoms with van der Waals surface area (Å²) >= 11 is 0. The summed E-state index contributed by atoms with van der Waals surface area (Å²) in [6.45, 7) is 6.18. The van der Waals surface area contributed by atoms with E-state index in [1.807, 2.05) is 0 Å². The highest BCUT2D eigenvalue weighted by molar-refractivity contribution is 5.19. The van der Waals surface area contributed by atoms with Crippen molar-refractivity contribution in [1.82, 2.24) is 14.8 Å². The molecule has 4 heteroatoms. The van der Waals surface area contributed by atoms with Crippen LogP contribution >= 0.6 is 0 Å². The van der Waals surface area contributed by atoms with Crippen molar-refractivity contribution in [2.24, 2.45) is 7.05 Å². The van der Waals surface area contributed by atoms with E-state index < -0.39 is 0 Å². The molecule has 2 saturated heterocycles. The van der Waals surface area contributed by atoms with Crippen LogP contribution in [0.25, 0.3) is 0 Å². The molecule has 3 rings (SSSR count). The maximum Gasteiger partial charge on any atom is 0.0713 e. The van der Waals surface area contributed by atoms with Crippen LogP contribution in [0.2, 0.25) is 0 Å². The Hall–Kier alpha value is -0.840. The summed E-state index contributed by atoms with van der Waals surface area (Å²) in [4.78, 5) is 2.58. The van der Waals surface area contributed by atoms with Crippen molar-refractivity contribution in [3.8, 4) is 0 Å². The van der Waals surface area contributed by atoms with E-state index in [0.717, 1.165) is 26.3 Å². The lowest BCUT2D eigenvalue weighted by Gasteiger charge is -2.28. The van der Waals surface area contributed by atoms with Crippen LogP contribution < -0.4 is 5.32 Å². The third kappa shape index (κ3) is 3.02. The van der Waals surface area contributed by atoms with Crippen LogP contribution in [0, 0.1) is 0 Å². The molecule has 0 spiro atoms. The predicted molar refractivity (Wildman–Crippen MR) is 76.1 cm³/mol. The average molecular weight is 263 g/mol. The first-order valence-electron chi connectivity index (χ1n) is 7.52. The van der Waals surface area contributed by atoms with Crippen molar-refractivity contribution in [2.45, 2.75) is 31.8 Å². The Labute approximate surface area is 115 Å². The van der Waals surface area contributed by atoms with Gasteiger partial charge >= 0.3 is 0 Å². The molecule has 2 aliphatic heterocycles. The number of hydrogen-bond acceptors (Lipinski definition) is 3. The summed E-state index contributed by atoms with van der Waals surface area (Å²) in [5.74, 6) is 0. The minimum atomic E-state index is 0.355. The number of rotatable bonds is 3. The van der Waals surface area contributed by atoms with Gasteiger partial charge in [-0.3, -0.25) is 4.90 Å². The highest BCUT2D eigenvalue weighted by Crippen LogP contribution is 2.20. The Balaban J connectivity index is 1.67. The van der Waals surface area contributed by atoms with E-state index in [1.54, 1.807) is 0 Å². The Morgan fingerprint density at radius 3 is 2.84 bits per heavy atom. The number of morpholine rings is 1. The molecule has 1 unspecified atom stereocenters. The van der Waals surface area contributed by atoms with E-state index in [4.69, 9.17) is 4.74 Å². The monoisotopic (exact) mass is 263 g/mol. The van der Waals surface area contributed by atoms with Crippen LogP contribution in [0.1, 0.15) is 36.7 Å². The molecule has 106 valence electrons. The topological polar surface area (TPSA) is 29.4 Å². The summed E-state index contributed by atoms with van der Waals surface area (Å²) in [6, 6.07) is 4.89. The Bertz CT molecular complexity index is 404. The molecule has 0 aromatic carbocycles. The maximum absolute atomic E-state index is 5.56. The second-order valence-electron chi connectivity index (χ2n) is 5.73. The minimum absolute atomic E-state index is 0.355. The van der Waals surface area contributed by atoms with Gasteiger partial charge in [0.1, 0.15) is 0 Å². The fraction of sp³-hybridized carbons (Fsp3) is 0.733. The normalized spacial score (nSPS) is 25.6. The number of nitrogens with zero attached hydrogens (tertiary/aromatic N) is 2. The molecule has 19 heavy (non-hydrogen) atoms. The second kappa shape index (κ2) is 6.07. The number of ether oxygens (including phenoxy) is 1. The van der Waals surface area contributed by atoms with E-state index in [-0.39, 0.29) is 0 Å². The number of nitrogens with one attached hydrogen (secondary N) is 1. The molecule has 4 nitrogen and oxygen atoms in total. The molecule has 1 atom stereocenters. The van der Waals surface area contributed by atoms with Gasteiger partial charge in [0.25, 0.3) is 0 Å². The van der Waals surface area contributed by atoms with Crippen molar-refractivity contribution in [3.63, 3.8) is 0 Å². The highest BCUT2D eigenvalue weighted by Gasteiger charge is 2.20. The molecule has 0 amide bonds.